The zero-order chi connectivity index (χ0) is 22.3. The molecule has 0 saturated carbocycles. The van der Waals surface area contributed by atoms with Gasteiger partial charge in [0, 0.05) is 5.69 Å². The third-order valence-corrected chi connectivity index (χ3v) is 4.86. The summed E-state index contributed by atoms with van der Waals surface area (Å²) in [6.07, 6.45) is 0. The molecule has 0 saturated heterocycles. The lowest BCUT2D eigenvalue weighted by Crippen LogP contribution is -2.11. The third kappa shape index (κ3) is 3.85. The lowest BCUT2D eigenvalue weighted by molar-refractivity contribution is -0.402. The fraction of sp³-hybridized carbons (Fsp3) is 0.182. The van der Waals surface area contributed by atoms with Crippen LogP contribution in [0.1, 0.15) is 41.4 Å². The standard InChI is InChI=1S/C22H19N3O6/c1-11(2)13-4-5-17-16(9-13)24-22(31-17)15-10-14(8-12(3)20(15)26)23-21(27)18-6-7-19(30-18)25(28)29/h4-11,26H,1-3H3,(H,23,27). The highest BCUT2D eigenvalue weighted by molar-refractivity contribution is 6.03. The maximum Gasteiger partial charge on any atom is 0.433 e. The van der Waals surface area contributed by atoms with Gasteiger partial charge in [0.15, 0.2) is 11.3 Å². The number of benzene rings is 2. The van der Waals surface area contributed by atoms with Crippen LogP contribution in [0, 0.1) is 17.0 Å². The van der Waals surface area contributed by atoms with Crippen molar-refractivity contribution in [2.45, 2.75) is 26.7 Å². The highest BCUT2D eigenvalue weighted by atomic mass is 16.6. The van der Waals surface area contributed by atoms with Gasteiger partial charge >= 0.3 is 5.88 Å². The Labute approximate surface area is 176 Å². The first-order valence-corrected chi connectivity index (χ1v) is 9.53. The molecule has 158 valence electrons. The van der Waals surface area contributed by atoms with Crippen molar-refractivity contribution in [2.75, 3.05) is 5.32 Å². The van der Waals surface area contributed by atoms with E-state index >= 15 is 0 Å². The Bertz CT molecular complexity index is 1320. The molecular weight excluding hydrogens is 402 g/mol. The minimum atomic E-state index is -0.725. The number of carbonyl (C=O) groups is 1. The van der Waals surface area contributed by atoms with E-state index in [1.54, 1.807) is 13.0 Å². The Balaban J connectivity index is 1.68. The number of nitrogens with one attached hydrogen (secondary N) is 1. The molecule has 0 unspecified atom stereocenters. The minimum absolute atomic E-state index is 0.0257. The van der Waals surface area contributed by atoms with Crippen molar-refractivity contribution in [3.8, 4) is 17.2 Å². The van der Waals surface area contributed by atoms with Gasteiger partial charge in [-0.2, -0.15) is 0 Å². The van der Waals surface area contributed by atoms with Gasteiger partial charge in [0.25, 0.3) is 5.91 Å². The number of aryl methyl sites for hydroxylation is 1. The van der Waals surface area contributed by atoms with Crippen LogP contribution in [0.5, 0.6) is 5.75 Å². The number of fused-ring (bicyclic) bond motifs is 1. The van der Waals surface area contributed by atoms with E-state index < -0.39 is 16.7 Å². The second kappa shape index (κ2) is 7.60. The van der Waals surface area contributed by atoms with Crippen molar-refractivity contribution < 1.29 is 23.7 Å². The number of nitrogens with zero attached hydrogens (tertiary/aromatic N) is 2. The minimum Gasteiger partial charge on any atom is -0.507 e. The quantitative estimate of drug-likeness (QED) is 0.251. The normalized spacial score (nSPS) is 11.2. The zero-order valence-electron chi connectivity index (χ0n) is 17.0. The number of nitro groups is 1. The molecule has 0 spiro atoms. The van der Waals surface area contributed by atoms with E-state index in [4.69, 9.17) is 8.83 Å². The SMILES string of the molecule is Cc1cc(NC(=O)c2ccc([N+](=O)[O-])o2)cc(-c2nc3cc(C(C)C)ccc3o2)c1O. The summed E-state index contributed by atoms with van der Waals surface area (Å²) < 4.78 is 10.7. The Morgan fingerprint density at radius 2 is 1.94 bits per heavy atom. The Morgan fingerprint density at radius 3 is 2.61 bits per heavy atom. The molecule has 2 aromatic carbocycles. The predicted octanol–water partition coefficient (Wildman–Crippen LogP) is 5.39. The summed E-state index contributed by atoms with van der Waals surface area (Å²) in [5, 5.41) is 23.9. The molecule has 0 aliphatic carbocycles. The van der Waals surface area contributed by atoms with Gasteiger partial charge in [0.05, 0.1) is 11.6 Å². The fourth-order valence-electron chi connectivity index (χ4n) is 3.17. The van der Waals surface area contributed by atoms with Crippen molar-refractivity contribution in [3.63, 3.8) is 0 Å². The molecule has 4 aromatic rings. The van der Waals surface area contributed by atoms with Crippen LogP contribution in [0.15, 0.2) is 51.3 Å². The van der Waals surface area contributed by atoms with Gasteiger partial charge in [0.1, 0.15) is 16.2 Å². The van der Waals surface area contributed by atoms with E-state index in [0.717, 1.165) is 11.6 Å². The molecule has 0 atom stereocenters. The summed E-state index contributed by atoms with van der Waals surface area (Å²) in [7, 11) is 0. The van der Waals surface area contributed by atoms with E-state index in [0.29, 0.717) is 33.8 Å². The number of hydrogen-bond acceptors (Lipinski definition) is 7. The summed E-state index contributed by atoms with van der Waals surface area (Å²) in [5.41, 5.74) is 3.50. The monoisotopic (exact) mass is 421 g/mol. The summed E-state index contributed by atoms with van der Waals surface area (Å²) in [6, 6.07) is 11.1. The fourth-order valence-corrected chi connectivity index (χ4v) is 3.17. The molecule has 0 aliphatic rings. The number of rotatable bonds is 5. The molecule has 1 amide bonds. The Kier molecular flexibility index (Phi) is 4.94. The highest BCUT2D eigenvalue weighted by Crippen LogP contribution is 2.36. The molecule has 0 bridgehead atoms. The number of carbonyl (C=O) groups excluding carboxylic acids is 1. The van der Waals surface area contributed by atoms with E-state index in [2.05, 4.69) is 24.1 Å². The number of aromatic hydroxyl groups is 1. The lowest BCUT2D eigenvalue weighted by atomic mass is 10.0. The number of phenols is 1. The largest absolute Gasteiger partial charge is 0.507 e. The van der Waals surface area contributed by atoms with E-state index in [1.165, 1.54) is 12.1 Å². The van der Waals surface area contributed by atoms with Crippen LogP contribution in [0.2, 0.25) is 0 Å². The molecule has 2 N–H and O–H groups in total. The lowest BCUT2D eigenvalue weighted by Gasteiger charge is -2.09. The molecule has 9 heteroatoms. The van der Waals surface area contributed by atoms with Gasteiger partial charge in [-0.25, -0.2) is 4.98 Å². The van der Waals surface area contributed by atoms with Gasteiger partial charge in [-0.3, -0.25) is 14.9 Å². The first kappa shape index (κ1) is 20.1. The van der Waals surface area contributed by atoms with Gasteiger partial charge in [-0.15, -0.1) is 0 Å². The van der Waals surface area contributed by atoms with Gasteiger partial charge < -0.3 is 19.3 Å². The van der Waals surface area contributed by atoms with Gasteiger partial charge in [0.2, 0.25) is 5.89 Å². The average molecular weight is 421 g/mol. The average Bonchev–Trinajstić information content (AvgIpc) is 3.37. The molecular formula is C22H19N3O6. The first-order valence-electron chi connectivity index (χ1n) is 9.53. The van der Waals surface area contributed by atoms with Crippen molar-refractivity contribution in [1.82, 2.24) is 4.98 Å². The van der Waals surface area contributed by atoms with E-state index in [-0.39, 0.29) is 17.4 Å². The van der Waals surface area contributed by atoms with Crippen LogP contribution in [-0.2, 0) is 0 Å². The summed E-state index contributed by atoms with van der Waals surface area (Å²) in [6.45, 7) is 5.83. The van der Waals surface area contributed by atoms with Crippen LogP contribution >= 0.6 is 0 Å². The number of phenolic OH excluding ortho intramolecular Hbond substituents is 1. The third-order valence-electron chi connectivity index (χ3n) is 4.86. The number of amides is 1. The number of aromatic nitrogens is 1. The Hall–Kier alpha value is -4.14. The molecule has 0 radical (unpaired) electrons. The molecule has 0 aliphatic heterocycles. The van der Waals surface area contributed by atoms with Crippen molar-refractivity contribution in [3.05, 3.63) is 69.5 Å². The van der Waals surface area contributed by atoms with Crippen LogP contribution in [0.4, 0.5) is 11.6 Å². The van der Waals surface area contributed by atoms with E-state index in [1.807, 2.05) is 18.2 Å². The number of oxazole rings is 1. The topological polar surface area (TPSA) is 132 Å². The summed E-state index contributed by atoms with van der Waals surface area (Å²) in [5.74, 6) is -0.884. The molecule has 4 rings (SSSR count). The van der Waals surface area contributed by atoms with Crippen molar-refractivity contribution >= 4 is 28.6 Å². The summed E-state index contributed by atoms with van der Waals surface area (Å²) >= 11 is 0. The van der Waals surface area contributed by atoms with Crippen LogP contribution in [-0.4, -0.2) is 20.9 Å². The van der Waals surface area contributed by atoms with Gasteiger partial charge in [-0.1, -0.05) is 19.9 Å². The van der Waals surface area contributed by atoms with Gasteiger partial charge in [-0.05, 0) is 54.3 Å². The van der Waals surface area contributed by atoms with Crippen LogP contribution < -0.4 is 5.32 Å². The molecule has 0 fully saturated rings. The predicted molar refractivity (Wildman–Crippen MR) is 113 cm³/mol. The second-order valence-electron chi connectivity index (χ2n) is 7.44. The number of anilines is 1. The molecule has 31 heavy (non-hydrogen) atoms. The summed E-state index contributed by atoms with van der Waals surface area (Å²) in [4.78, 5) is 26.9. The Morgan fingerprint density at radius 1 is 1.16 bits per heavy atom. The van der Waals surface area contributed by atoms with Crippen molar-refractivity contribution in [1.29, 1.82) is 0 Å². The van der Waals surface area contributed by atoms with Crippen molar-refractivity contribution in [2.24, 2.45) is 0 Å². The number of hydrogen-bond donors (Lipinski definition) is 2. The molecule has 9 nitrogen and oxygen atoms in total. The second-order valence-corrected chi connectivity index (χ2v) is 7.44. The maximum atomic E-state index is 12.4. The van der Waals surface area contributed by atoms with E-state index in [9.17, 15) is 20.0 Å². The smallest absolute Gasteiger partial charge is 0.433 e. The van der Waals surface area contributed by atoms with Crippen LogP contribution in [0.25, 0.3) is 22.6 Å². The van der Waals surface area contributed by atoms with Crippen LogP contribution in [0.3, 0.4) is 0 Å². The molecule has 2 heterocycles. The number of furan rings is 1. The first-order chi connectivity index (χ1) is 14.7. The maximum absolute atomic E-state index is 12.4. The molecule has 2 aromatic heterocycles. The highest BCUT2D eigenvalue weighted by Gasteiger charge is 2.20. The zero-order valence-corrected chi connectivity index (χ0v) is 17.0.